The van der Waals surface area contributed by atoms with Crippen molar-refractivity contribution in [2.24, 2.45) is 0 Å². The van der Waals surface area contributed by atoms with Gasteiger partial charge in [-0.1, -0.05) is 25.0 Å². The third-order valence-corrected chi connectivity index (χ3v) is 6.41. The van der Waals surface area contributed by atoms with Crippen LogP contribution in [0.25, 0.3) is 11.0 Å². The Morgan fingerprint density at radius 1 is 1.00 bits per heavy atom. The normalized spacial score (nSPS) is 14.6. The zero-order valence-corrected chi connectivity index (χ0v) is 16.3. The number of fused-ring (bicyclic) bond motifs is 1. The average molecular weight is 409 g/mol. The summed E-state index contributed by atoms with van der Waals surface area (Å²) in [5, 5.41) is 12.9. The number of anilines is 2. The summed E-state index contributed by atoms with van der Waals surface area (Å²) in [5.74, 6) is 0. The van der Waals surface area contributed by atoms with Gasteiger partial charge in [-0.25, -0.2) is 13.2 Å². The molecule has 1 saturated carbocycles. The highest BCUT2D eigenvalue weighted by molar-refractivity contribution is 7.92. The molecule has 0 saturated heterocycles. The second-order valence-corrected chi connectivity index (χ2v) is 8.69. The molecule has 29 heavy (non-hydrogen) atoms. The average Bonchev–Trinajstić information content (AvgIpc) is 3.24. The SMILES string of the molecule is N#Cc1ccc(S(=O)(=O)Nc2c(NC3CCCC3)c3ccccc3oc2=O)cc1. The maximum atomic E-state index is 12.9. The van der Waals surface area contributed by atoms with Gasteiger partial charge in [-0.3, -0.25) is 4.72 Å². The summed E-state index contributed by atoms with van der Waals surface area (Å²) in [5.41, 5.74) is 0.263. The van der Waals surface area contributed by atoms with Crippen LogP contribution in [0.15, 0.2) is 62.6 Å². The van der Waals surface area contributed by atoms with Crippen LogP contribution in [0.1, 0.15) is 31.2 Å². The summed E-state index contributed by atoms with van der Waals surface area (Å²) in [4.78, 5) is 12.6. The van der Waals surface area contributed by atoms with E-state index < -0.39 is 15.6 Å². The molecule has 0 atom stereocenters. The molecule has 1 heterocycles. The highest BCUT2D eigenvalue weighted by Gasteiger charge is 2.24. The molecule has 0 aliphatic heterocycles. The van der Waals surface area contributed by atoms with Crippen molar-refractivity contribution in [1.82, 2.24) is 0 Å². The van der Waals surface area contributed by atoms with Crippen molar-refractivity contribution in [3.8, 4) is 6.07 Å². The fraction of sp³-hybridized carbons (Fsp3) is 0.238. The Morgan fingerprint density at radius 3 is 2.38 bits per heavy atom. The second kappa shape index (κ2) is 7.60. The van der Waals surface area contributed by atoms with Crippen molar-refractivity contribution >= 4 is 32.4 Å². The van der Waals surface area contributed by atoms with Crippen molar-refractivity contribution in [3.63, 3.8) is 0 Å². The van der Waals surface area contributed by atoms with Crippen LogP contribution < -0.4 is 15.7 Å². The van der Waals surface area contributed by atoms with Crippen molar-refractivity contribution in [2.45, 2.75) is 36.6 Å². The second-order valence-electron chi connectivity index (χ2n) is 7.00. The predicted molar refractivity (Wildman–Crippen MR) is 110 cm³/mol. The van der Waals surface area contributed by atoms with Crippen LogP contribution in [0.3, 0.4) is 0 Å². The molecule has 1 aliphatic carbocycles. The maximum Gasteiger partial charge on any atom is 0.363 e. The molecule has 2 aromatic carbocycles. The van der Waals surface area contributed by atoms with Crippen molar-refractivity contribution in [2.75, 3.05) is 10.0 Å². The minimum absolute atomic E-state index is 0.0455. The molecule has 1 aromatic heterocycles. The fourth-order valence-corrected chi connectivity index (χ4v) is 4.63. The number of rotatable bonds is 5. The number of sulfonamides is 1. The Kier molecular flexibility index (Phi) is 4.99. The van der Waals surface area contributed by atoms with Crippen LogP contribution in [-0.2, 0) is 10.0 Å². The topological polar surface area (TPSA) is 112 Å². The van der Waals surface area contributed by atoms with Gasteiger partial charge in [0.2, 0.25) is 0 Å². The van der Waals surface area contributed by atoms with Crippen LogP contribution >= 0.6 is 0 Å². The lowest BCUT2D eigenvalue weighted by Gasteiger charge is -2.19. The Morgan fingerprint density at radius 2 is 1.69 bits per heavy atom. The molecule has 3 aromatic rings. The smallest absolute Gasteiger partial charge is 0.363 e. The van der Waals surface area contributed by atoms with Gasteiger partial charge in [0.1, 0.15) is 5.58 Å². The Labute approximate surface area is 168 Å². The van der Waals surface area contributed by atoms with Crippen LogP contribution in [0, 0.1) is 11.3 Å². The molecule has 0 spiro atoms. The van der Waals surface area contributed by atoms with E-state index in [0.717, 1.165) is 25.7 Å². The molecule has 1 fully saturated rings. The molecule has 148 valence electrons. The first-order valence-electron chi connectivity index (χ1n) is 9.33. The predicted octanol–water partition coefficient (Wildman–Crippen LogP) is 3.82. The summed E-state index contributed by atoms with van der Waals surface area (Å²) >= 11 is 0. The largest absolute Gasteiger partial charge is 0.421 e. The molecule has 0 bridgehead atoms. The van der Waals surface area contributed by atoms with Gasteiger partial charge in [-0.2, -0.15) is 5.26 Å². The van der Waals surface area contributed by atoms with Gasteiger partial charge in [0, 0.05) is 11.4 Å². The van der Waals surface area contributed by atoms with E-state index in [1.165, 1.54) is 24.3 Å². The summed E-state index contributed by atoms with van der Waals surface area (Å²) in [6.45, 7) is 0. The number of para-hydroxylation sites is 1. The quantitative estimate of drug-likeness (QED) is 0.620. The lowest BCUT2D eigenvalue weighted by atomic mass is 10.1. The highest BCUT2D eigenvalue weighted by atomic mass is 32.2. The molecule has 4 rings (SSSR count). The highest BCUT2D eigenvalue weighted by Crippen LogP contribution is 2.33. The number of benzene rings is 2. The molecule has 2 N–H and O–H groups in total. The third-order valence-electron chi connectivity index (χ3n) is 5.05. The van der Waals surface area contributed by atoms with E-state index in [2.05, 4.69) is 10.0 Å². The van der Waals surface area contributed by atoms with E-state index in [4.69, 9.17) is 9.68 Å². The standard InChI is InChI=1S/C21H19N3O4S/c22-13-14-9-11-16(12-10-14)29(26,27)24-20-19(23-15-5-1-2-6-15)17-7-3-4-8-18(17)28-21(20)25/h3-4,7-12,15,23-24H,1-2,5-6H2. The van der Waals surface area contributed by atoms with Gasteiger partial charge >= 0.3 is 5.63 Å². The van der Waals surface area contributed by atoms with E-state index in [1.54, 1.807) is 24.3 Å². The summed E-state index contributed by atoms with van der Waals surface area (Å²) in [7, 11) is -4.04. The van der Waals surface area contributed by atoms with E-state index >= 15 is 0 Å². The molecule has 1 aliphatic rings. The lowest BCUT2D eigenvalue weighted by molar-refractivity contribution is 0.562. The monoisotopic (exact) mass is 409 g/mol. The van der Waals surface area contributed by atoms with Crippen LogP contribution in [-0.4, -0.2) is 14.5 Å². The van der Waals surface area contributed by atoms with Crippen molar-refractivity contribution < 1.29 is 12.8 Å². The van der Waals surface area contributed by atoms with Gasteiger partial charge in [0.15, 0.2) is 5.69 Å². The maximum absolute atomic E-state index is 12.9. The van der Waals surface area contributed by atoms with Gasteiger partial charge in [-0.15, -0.1) is 0 Å². The minimum Gasteiger partial charge on any atom is -0.421 e. The molecular weight excluding hydrogens is 390 g/mol. The molecular formula is C21H19N3O4S. The first kappa shape index (κ1) is 19.0. The number of hydrogen-bond acceptors (Lipinski definition) is 6. The number of nitriles is 1. The molecule has 0 radical (unpaired) electrons. The minimum atomic E-state index is -4.04. The lowest BCUT2D eigenvalue weighted by Crippen LogP contribution is -2.23. The first-order chi connectivity index (χ1) is 14.0. The number of nitrogens with one attached hydrogen (secondary N) is 2. The van der Waals surface area contributed by atoms with Gasteiger partial charge in [0.25, 0.3) is 10.0 Å². The van der Waals surface area contributed by atoms with Gasteiger partial charge in [0.05, 0.1) is 22.2 Å². The summed E-state index contributed by atoms with van der Waals surface area (Å²) in [6.07, 6.45) is 4.08. The Hall–Kier alpha value is -3.31. The van der Waals surface area contributed by atoms with Crippen molar-refractivity contribution in [1.29, 1.82) is 5.26 Å². The zero-order chi connectivity index (χ0) is 20.4. The zero-order valence-electron chi connectivity index (χ0n) is 15.5. The van der Waals surface area contributed by atoms with E-state index in [9.17, 15) is 13.2 Å². The molecule has 8 heteroatoms. The molecule has 7 nitrogen and oxygen atoms in total. The van der Waals surface area contributed by atoms with Crippen LogP contribution in [0.2, 0.25) is 0 Å². The fourth-order valence-electron chi connectivity index (χ4n) is 3.57. The third kappa shape index (κ3) is 3.82. The first-order valence-corrected chi connectivity index (χ1v) is 10.8. The van der Waals surface area contributed by atoms with E-state index in [-0.39, 0.29) is 16.6 Å². The van der Waals surface area contributed by atoms with Gasteiger partial charge in [-0.05, 0) is 49.2 Å². The van der Waals surface area contributed by atoms with E-state index in [1.807, 2.05) is 6.07 Å². The van der Waals surface area contributed by atoms with Crippen LogP contribution in [0.4, 0.5) is 11.4 Å². The van der Waals surface area contributed by atoms with Crippen molar-refractivity contribution in [3.05, 3.63) is 64.5 Å². The van der Waals surface area contributed by atoms with E-state index in [0.29, 0.717) is 22.2 Å². The summed E-state index contributed by atoms with van der Waals surface area (Å²) in [6, 6.07) is 14.6. The Balaban J connectivity index is 1.80. The van der Waals surface area contributed by atoms with Gasteiger partial charge < -0.3 is 9.73 Å². The molecule has 0 amide bonds. The molecule has 0 unspecified atom stereocenters. The van der Waals surface area contributed by atoms with Crippen LogP contribution in [0.5, 0.6) is 0 Å². The Bertz CT molecular complexity index is 1250. The number of nitrogens with zero attached hydrogens (tertiary/aromatic N) is 1. The number of hydrogen-bond donors (Lipinski definition) is 2. The summed E-state index contributed by atoms with van der Waals surface area (Å²) < 4.78 is 33.5.